The molecule has 0 radical (unpaired) electrons. The highest BCUT2D eigenvalue weighted by atomic mass is 35.5. The summed E-state index contributed by atoms with van der Waals surface area (Å²) < 4.78 is 0. The summed E-state index contributed by atoms with van der Waals surface area (Å²) in [5.41, 5.74) is 1.66. The van der Waals surface area contributed by atoms with Gasteiger partial charge in [0.2, 0.25) is 0 Å². The van der Waals surface area contributed by atoms with E-state index < -0.39 is 4.92 Å². The Morgan fingerprint density at radius 1 is 1.42 bits per heavy atom. The van der Waals surface area contributed by atoms with E-state index in [1.165, 1.54) is 6.07 Å². The number of nitrogens with one attached hydrogen (secondary N) is 1. The van der Waals surface area contributed by atoms with Crippen LogP contribution in [-0.4, -0.2) is 9.91 Å². The van der Waals surface area contributed by atoms with Gasteiger partial charge in [-0.25, -0.2) is 0 Å². The number of halogens is 1. The maximum Gasteiger partial charge on any atom is 0.288 e. The molecule has 0 aliphatic rings. The van der Waals surface area contributed by atoms with Crippen molar-refractivity contribution in [1.29, 1.82) is 0 Å². The highest BCUT2D eigenvalue weighted by Crippen LogP contribution is 2.28. The SMILES string of the molecule is CC(Nc1ccc([N+](=O)[O-])c(Cl)c1)c1cccnc1. The molecular formula is C13H12ClN3O2. The highest BCUT2D eigenvalue weighted by Gasteiger charge is 2.13. The molecule has 0 aliphatic heterocycles. The Morgan fingerprint density at radius 3 is 2.79 bits per heavy atom. The highest BCUT2D eigenvalue weighted by molar-refractivity contribution is 6.32. The smallest absolute Gasteiger partial charge is 0.288 e. The Hall–Kier alpha value is -2.14. The zero-order valence-corrected chi connectivity index (χ0v) is 11.0. The van der Waals surface area contributed by atoms with Crippen LogP contribution in [0, 0.1) is 10.1 Å². The molecule has 5 nitrogen and oxygen atoms in total. The minimum Gasteiger partial charge on any atom is -0.378 e. The van der Waals surface area contributed by atoms with E-state index in [0.717, 1.165) is 11.3 Å². The van der Waals surface area contributed by atoms with Gasteiger partial charge in [0.1, 0.15) is 5.02 Å². The maximum absolute atomic E-state index is 10.7. The van der Waals surface area contributed by atoms with Crippen LogP contribution in [0.1, 0.15) is 18.5 Å². The lowest BCUT2D eigenvalue weighted by Gasteiger charge is -2.15. The third-order valence-corrected chi connectivity index (χ3v) is 3.01. The van der Waals surface area contributed by atoms with E-state index >= 15 is 0 Å². The summed E-state index contributed by atoms with van der Waals surface area (Å²) in [6, 6.07) is 8.42. The van der Waals surface area contributed by atoms with Crippen molar-refractivity contribution in [3.63, 3.8) is 0 Å². The molecule has 0 amide bonds. The lowest BCUT2D eigenvalue weighted by atomic mass is 10.1. The van der Waals surface area contributed by atoms with Crippen molar-refractivity contribution in [1.82, 2.24) is 4.98 Å². The number of rotatable bonds is 4. The Morgan fingerprint density at radius 2 is 2.21 bits per heavy atom. The molecule has 1 heterocycles. The molecule has 0 bridgehead atoms. The Kier molecular flexibility index (Phi) is 3.97. The monoisotopic (exact) mass is 277 g/mol. The molecule has 0 spiro atoms. The molecule has 2 aromatic rings. The molecule has 1 unspecified atom stereocenters. The van der Waals surface area contributed by atoms with E-state index in [0.29, 0.717) is 0 Å². The van der Waals surface area contributed by atoms with Crippen molar-refractivity contribution in [2.75, 3.05) is 5.32 Å². The number of aromatic nitrogens is 1. The standard InChI is InChI=1S/C13H12ClN3O2/c1-9(10-3-2-6-15-8-10)16-11-4-5-13(17(18)19)12(14)7-11/h2-9,16H,1H3. The average Bonchev–Trinajstić information content (AvgIpc) is 2.39. The van der Waals surface area contributed by atoms with Gasteiger partial charge in [-0.1, -0.05) is 17.7 Å². The quantitative estimate of drug-likeness (QED) is 0.681. The fourth-order valence-electron chi connectivity index (χ4n) is 1.71. The van der Waals surface area contributed by atoms with Gasteiger partial charge in [-0.3, -0.25) is 15.1 Å². The lowest BCUT2D eigenvalue weighted by Crippen LogP contribution is -2.06. The van der Waals surface area contributed by atoms with Crippen LogP contribution in [0.25, 0.3) is 0 Å². The summed E-state index contributed by atoms with van der Waals surface area (Å²) in [6.07, 6.45) is 3.48. The number of nitrogens with zero attached hydrogens (tertiary/aromatic N) is 2. The molecular weight excluding hydrogens is 266 g/mol. The fraction of sp³-hybridized carbons (Fsp3) is 0.154. The van der Waals surface area contributed by atoms with Gasteiger partial charge in [0, 0.05) is 24.1 Å². The molecule has 2 rings (SSSR count). The van der Waals surface area contributed by atoms with Crippen molar-refractivity contribution in [3.8, 4) is 0 Å². The lowest BCUT2D eigenvalue weighted by molar-refractivity contribution is -0.384. The molecule has 0 aliphatic carbocycles. The minimum absolute atomic E-state index is 0.0335. The molecule has 1 atom stereocenters. The first-order valence-electron chi connectivity index (χ1n) is 5.68. The van der Waals surface area contributed by atoms with E-state index in [-0.39, 0.29) is 16.8 Å². The van der Waals surface area contributed by atoms with Gasteiger partial charge in [0.15, 0.2) is 0 Å². The van der Waals surface area contributed by atoms with Gasteiger partial charge in [0.05, 0.1) is 11.0 Å². The topological polar surface area (TPSA) is 68.1 Å². The predicted molar refractivity (Wildman–Crippen MR) is 74.4 cm³/mol. The second-order valence-electron chi connectivity index (χ2n) is 4.08. The van der Waals surface area contributed by atoms with Crippen molar-refractivity contribution >= 4 is 23.0 Å². The van der Waals surface area contributed by atoms with Crippen LogP contribution in [0.3, 0.4) is 0 Å². The predicted octanol–water partition coefficient (Wildman–Crippen LogP) is 3.82. The second-order valence-corrected chi connectivity index (χ2v) is 4.48. The molecule has 19 heavy (non-hydrogen) atoms. The summed E-state index contributed by atoms with van der Waals surface area (Å²) in [5.74, 6) is 0. The van der Waals surface area contributed by atoms with Crippen LogP contribution in [0.15, 0.2) is 42.7 Å². The first-order chi connectivity index (χ1) is 9.08. The normalized spacial score (nSPS) is 11.9. The van der Waals surface area contributed by atoms with Gasteiger partial charge in [-0.2, -0.15) is 0 Å². The van der Waals surface area contributed by atoms with Crippen LogP contribution in [0.5, 0.6) is 0 Å². The second kappa shape index (κ2) is 5.67. The van der Waals surface area contributed by atoms with Gasteiger partial charge in [0.25, 0.3) is 5.69 Å². The first-order valence-corrected chi connectivity index (χ1v) is 6.06. The van der Waals surface area contributed by atoms with Crippen LogP contribution < -0.4 is 5.32 Å². The molecule has 1 aromatic carbocycles. The van der Waals surface area contributed by atoms with Crippen LogP contribution in [0.2, 0.25) is 5.02 Å². The number of anilines is 1. The molecule has 1 N–H and O–H groups in total. The molecule has 1 aromatic heterocycles. The minimum atomic E-state index is -0.503. The Bertz CT molecular complexity index is 590. The number of pyridine rings is 1. The van der Waals surface area contributed by atoms with Crippen LogP contribution in [-0.2, 0) is 0 Å². The summed E-state index contributed by atoms with van der Waals surface area (Å²) in [6.45, 7) is 1.98. The van der Waals surface area contributed by atoms with Gasteiger partial charge in [-0.05, 0) is 30.7 Å². The third kappa shape index (κ3) is 3.20. The van der Waals surface area contributed by atoms with E-state index in [9.17, 15) is 10.1 Å². The number of nitro groups is 1. The van der Waals surface area contributed by atoms with Crippen molar-refractivity contribution in [3.05, 3.63) is 63.4 Å². The molecule has 0 saturated carbocycles. The summed E-state index contributed by atoms with van der Waals surface area (Å²) in [4.78, 5) is 14.2. The zero-order valence-electron chi connectivity index (χ0n) is 10.2. The fourth-order valence-corrected chi connectivity index (χ4v) is 1.96. The van der Waals surface area contributed by atoms with Crippen molar-refractivity contribution in [2.24, 2.45) is 0 Å². The van der Waals surface area contributed by atoms with Crippen LogP contribution >= 0.6 is 11.6 Å². The number of benzene rings is 1. The average molecular weight is 278 g/mol. The summed E-state index contributed by atoms with van der Waals surface area (Å²) in [5, 5.41) is 14.0. The molecule has 0 fully saturated rings. The zero-order chi connectivity index (χ0) is 13.8. The molecule has 6 heteroatoms. The number of nitro benzene ring substituents is 1. The van der Waals surface area contributed by atoms with Gasteiger partial charge < -0.3 is 5.32 Å². The maximum atomic E-state index is 10.7. The first kappa shape index (κ1) is 13.3. The van der Waals surface area contributed by atoms with E-state index in [1.807, 2.05) is 19.1 Å². The number of hydrogen-bond acceptors (Lipinski definition) is 4. The largest absolute Gasteiger partial charge is 0.378 e. The van der Waals surface area contributed by atoms with E-state index in [1.54, 1.807) is 24.5 Å². The molecule has 98 valence electrons. The van der Waals surface area contributed by atoms with Gasteiger partial charge in [-0.15, -0.1) is 0 Å². The molecule has 0 saturated heterocycles. The third-order valence-electron chi connectivity index (χ3n) is 2.71. The Balaban J connectivity index is 2.16. The van der Waals surface area contributed by atoms with Crippen LogP contribution in [0.4, 0.5) is 11.4 Å². The summed E-state index contributed by atoms with van der Waals surface area (Å²) in [7, 11) is 0. The Labute approximate surface area is 115 Å². The van der Waals surface area contributed by atoms with Crippen molar-refractivity contribution < 1.29 is 4.92 Å². The van der Waals surface area contributed by atoms with Gasteiger partial charge >= 0.3 is 0 Å². The number of hydrogen-bond donors (Lipinski definition) is 1. The summed E-state index contributed by atoms with van der Waals surface area (Å²) >= 11 is 5.86. The van der Waals surface area contributed by atoms with Crippen molar-refractivity contribution in [2.45, 2.75) is 13.0 Å². The van der Waals surface area contributed by atoms with E-state index in [4.69, 9.17) is 11.6 Å². The van der Waals surface area contributed by atoms with E-state index in [2.05, 4.69) is 10.3 Å².